The van der Waals surface area contributed by atoms with Crippen LogP contribution in [0, 0.1) is 0 Å². The van der Waals surface area contributed by atoms with Gasteiger partial charge in [-0.05, 0) is 35.4 Å². The molecule has 36 heavy (non-hydrogen) atoms. The first-order chi connectivity index (χ1) is 16.9. The zero-order valence-corrected chi connectivity index (χ0v) is 19.1. The zero-order valence-electron chi connectivity index (χ0n) is 19.1. The SMILES string of the molecule is O=C(O)CN(CC(=O)O)Cc1cc(C=Cc2ccc(O)c(CN(CC(=O)O)CC(=O)O)c2)ccc1O. The predicted molar refractivity (Wildman–Crippen MR) is 126 cm³/mol. The number of aliphatic carboxylic acids is 4. The molecule has 192 valence electrons. The van der Waals surface area contributed by atoms with Gasteiger partial charge < -0.3 is 30.6 Å². The predicted octanol–water partition coefficient (Wildman–Crippen LogP) is 1.21. The summed E-state index contributed by atoms with van der Waals surface area (Å²) >= 11 is 0. The van der Waals surface area contributed by atoms with Gasteiger partial charge in [0.2, 0.25) is 0 Å². The molecule has 0 aliphatic rings. The van der Waals surface area contributed by atoms with Gasteiger partial charge in [-0.3, -0.25) is 29.0 Å². The first-order valence-corrected chi connectivity index (χ1v) is 10.6. The normalized spacial score (nSPS) is 11.3. The van der Waals surface area contributed by atoms with Crippen molar-refractivity contribution in [3.05, 3.63) is 58.7 Å². The minimum atomic E-state index is -1.21. The average Bonchev–Trinajstić information content (AvgIpc) is 2.74. The lowest BCUT2D eigenvalue weighted by Gasteiger charge is -2.19. The molecule has 0 aromatic heterocycles. The van der Waals surface area contributed by atoms with Crippen molar-refractivity contribution in [3.8, 4) is 11.5 Å². The number of hydrogen-bond donors (Lipinski definition) is 6. The summed E-state index contributed by atoms with van der Waals surface area (Å²) in [4.78, 5) is 46.4. The van der Waals surface area contributed by atoms with Gasteiger partial charge in [0.05, 0.1) is 26.2 Å². The van der Waals surface area contributed by atoms with Gasteiger partial charge in [-0.15, -0.1) is 0 Å². The van der Waals surface area contributed by atoms with Gasteiger partial charge >= 0.3 is 23.9 Å². The van der Waals surface area contributed by atoms with Gasteiger partial charge in [-0.1, -0.05) is 24.3 Å². The van der Waals surface area contributed by atoms with E-state index in [4.69, 9.17) is 20.4 Å². The molecular formula is C24H26N2O10. The van der Waals surface area contributed by atoms with Crippen molar-refractivity contribution in [2.45, 2.75) is 13.1 Å². The number of aromatic hydroxyl groups is 2. The number of carbonyl (C=O) groups is 4. The second-order valence-corrected chi connectivity index (χ2v) is 7.97. The smallest absolute Gasteiger partial charge is 0.317 e. The molecule has 0 saturated heterocycles. The first-order valence-electron chi connectivity index (χ1n) is 10.6. The fourth-order valence-corrected chi connectivity index (χ4v) is 3.45. The minimum absolute atomic E-state index is 0.113. The van der Waals surface area contributed by atoms with Crippen molar-refractivity contribution in [1.82, 2.24) is 9.80 Å². The first kappa shape index (κ1) is 27.8. The molecule has 0 unspecified atom stereocenters. The van der Waals surface area contributed by atoms with Crippen molar-refractivity contribution in [3.63, 3.8) is 0 Å². The molecule has 0 aliphatic carbocycles. The molecule has 0 fully saturated rings. The topological polar surface area (TPSA) is 196 Å². The molecule has 0 atom stereocenters. The lowest BCUT2D eigenvalue weighted by atomic mass is 10.1. The number of rotatable bonds is 14. The highest BCUT2D eigenvalue weighted by Gasteiger charge is 2.17. The van der Waals surface area contributed by atoms with Gasteiger partial charge in [0.25, 0.3) is 0 Å². The Morgan fingerprint density at radius 3 is 1.17 bits per heavy atom. The van der Waals surface area contributed by atoms with Crippen LogP contribution < -0.4 is 0 Å². The van der Waals surface area contributed by atoms with E-state index in [2.05, 4.69) is 0 Å². The van der Waals surface area contributed by atoms with Crippen LogP contribution in [0.2, 0.25) is 0 Å². The van der Waals surface area contributed by atoms with Crippen LogP contribution in [0.1, 0.15) is 22.3 Å². The summed E-state index contributed by atoms with van der Waals surface area (Å²) in [5.41, 5.74) is 1.87. The second-order valence-electron chi connectivity index (χ2n) is 7.97. The number of carboxylic acids is 4. The molecule has 0 spiro atoms. The number of hydrogen-bond acceptors (Lipinski definition) is 8. The third kappa shape index (κ3) is 9.44. The van der Waals surface area contributed by atoms with Crippen LogP contribution in [0.5, 0.6) is 11.5 Å². The summed E-state index contributed by atoms with van der Waals surface area (Å²) in [6.07, 6.45) is 3.34. The summed E-state index contributed by atoms with van der Waals surface area (Å²) < 4.78 is 0. The lowest BCUT2D eigenvalue weighted by molar-refractivity contribution is -0.144. The molecule has 0 aliphatic heterocycles. The van der Waals surface area contributed by atoms with E-state index in [0.717, 1.165) is 9.80 Å². The summed E-state index contributed by atoms with van der Waals surface area (Å²) in [6.45, 7) is -2.33. The van der Waals surface area contributed by atoms with E-state index in [0.29, 0.717) is 22.3 Å². The monoisotopic (exact) mass is 502 g/mol. The zero-order chi connectivity index (χ0) is 26.8. The third-order valence-electron chi connectivity index (χ3n) is 4.90. The average molecular weight is 502 g/mol. The maximum absolute atomic E-state index is 11.0. The molecule has 12 nitrogen and oxygen atoms in total. The van der Waals surface area contributed by atoms with Gasteiger partial charge in [-0.2, -0.15) is 0 Å². The highest BCUT2D eigenvalue weighted by Crippen LogP contribution is 2.24. The van der Waals surface area contributed by atoms with Crippen LogP contribution in [-0.4, -0.2) is 90.5 Å². The van der Waals surface area contributed by atoms with E-state index in [-0.39, 0.29) is 24.6 Å². The minimum Gasteiger partial charge on any atom is -0.508 e. The Morgan fingerprint density at radius 1 is 0.583 bits per heavy atom. The summed E-state index contributed by atoms with van der Waals surface area (Å²) in [7, 11) is 0. The number of benzene rings is 2. The van der Waals surface area contributed by atoms with E-state index in [1.165, 1.54) is 12.1 Å². The van der Waals surface area contributed by atoms with Crippen molar-refractivity contribution in [1.29, 1.82) is 0 Å². The molecule has 12 heteroatoms. The summed E-state index contributed by atoms with van der Waals surface area (Å²) in [6, 6.07) is 9.13. The van der Waals surface area contributed by atoms with Crippen molar-refractivity contribution in [2.75, 3.05) is 26.2 Å². The van der Waals surface area contributed by atoms with Gasteiger partial charge in [0, 0.05) is 24.2 Å². The maximum Gasteiger partial charge on any atom is 0.317 e. The molecule has 2 aromatic rings. The molecule has 0 bridgehead atoms. The Labute approximate surface area is 205 Å². The molecule has 0 radical (unpaired) electrons. The Morgan fingerprint density at radius 2 is 0.889 bits per heavy atom. The summed E-state index contributed by atoms with van der Waals surface area (Å²) in [5.74, 6) is -5.09. The van der Waals surface area contributed by atoms with E-state index in [1.54, 1.807) is 36.4 Å². The van der Waals surface area contributed by atoms with Crippen LogP contribution in [-0.2, 0) is 32.3 Å². The molecule has 2 rings (SSSR count). The van der Waals surface area contributed by atoms with Crippen molar-refractivity contribution in [2.24, 2.45) is 0 Å². The van der Waals surface area contributed by atoms with E-state index >= 15 is 0 Å². The quantitative estimate of drug-likeness (QED) is 0.202. The summed E-state index contributed by atoms with van der Waals surface area (Å²) in [5, 5.41) is 56.3. The van der Waals surface area contributed by atoms with Crippen molar-refractivity contribution >= 4 is 36.0 Å². The van der Waals surface area contributed by atoms with E-state index in [9.17, 15) is 29.4 Å². The highest BCUT2D eigenvalue weighted by molar-refractivity contribution is 5.74. The van der Waals surface area contributed by atoms with Crippen molar-refractivity contribution < 1.29 is 49.8 Å². The lowest BCUT2D eigenvalue weighted by Crippen LogP contribution is -2.34. The van der Waals surface area contributed by atoms with Crippen LogP contribution in [0.3, 0.4) is 0 Å². The van der Waals surface area contributed by atoms with Crippen LogP contribution >= 0.6 is 0 Å². The molecule has 2 aromatic carbocycles. The Hall–Kier alpha value is -4.42. The standard InChI is InChI=1S/C24H26N2O10/c27-19-5-3-15(7-17(19)9-25(11-21(29)30)12-22(31)32)1-2-16-4-6-20(28)18(8-16)10-26(13-23(33)34)14-24(35)36/h1-8,27-28H,9-14H2,(H,29,30)(H,31,32)(H,33,34)(H,35,36). The van der Waals surface area contributed by atoms with Crippen LogP contribution in [0.4, 0.5) is 0 Å². The Kier molecular flexibility index (Phi) is 9.95. The Bertz CT molecular complexity index is 1040. The molecule has 6 N–H and O–H groups in total. The second kappa shape index (κ2) is 12.9. The number of carboxylic acid groups (broad SMARTS) is 4. The van der Waals surface area contributed by atoms with Gasteiger partial charge in [0.1, 0.15) is 11.5 Å². The fraction of sp³-hybridized carbons (Fsp3) is 0.250. The number of nitrogens with zero attached hydrogens (tertiary/aromatic N) is 2. The van der Waals surface area contributed by atoms with Gasteiger partial charge in [-0.25, -0.2) is 0 Å². The maximum atomic E-state index is 11.0. The molecular weight excluding hydrogens is 476 g/mol. The fourth-order valence-electron chi connectivity index (χ4n) is 3.45. The molecule has 0 heterocycles. The van der Waals surface area contributed by atoms with Crippen LogP contribution in [0.25, 0.3) is 12.2 Å². The number of phenolic OH excluding ortho intramolecular Hbond substituents is 2. The van der Waals surface area contributed by atoms with Gasteiger partial charge in [0.15, 0.2) is 0 Å². The van der Waals surface area contributed by atoms with Crippen LogP contribution in [0.15, 0.2) is 36.4 Å². The third-order valence-corrected chi connectivity index (χ3v) is 4.90. The number of phenols is 2. The molecule has 0 amide bonds. The van der Waals surface area contributed by atoms with E-state index < -0.39 is 50.1 Å². The Balaban J connectivity index is 2.23. The molecule has 0 saturated carbocycles. The van der Waals surface area contributed by atoms with E-state index in [1.807, 2.05) is 0 Å². The largest absolute Gasteiger partial charge is 0.508 e. The highest BCUT2D eigenvalue weighted by atomic mass is 16.4.